The summed E-state index contributed by atoms with van der Waals surface area (Å²) in [5, 5.41) is 0. The van der Waals surface area contributed by atoms with E-state index in [0.717, 1.165) is 109 Å². The quantitative estimate of drug-likeness (QED) is 0.0261. The Hall–Kier alpha value is -3.67. The standard InChI is InChI=1S/C74H128O6/c1-4-7-10-13-16-19-22-24-26-28-30-31-32-33-34-35-36-37-38-39-40-41-42-43-44-46-47-49-52-55-58-61-64-67-73(76)79-70-71(69-78-72(75)66-63-60-57-54-51-21-18-15-12-9-6-3)80-74(77)68-65-62-59-56-53-50-48-45-29-27-25-23-20-17-14-11-8-5-2/h7,10,15-16,18-19,24,26,30-31,33-34,36-37,39-40,71H,4-6,8-9,11-14,17,20-23,25,27-29,32,35,38,41-70H2,1-3H3/b10-7-,18-15-,19-16-,26-24-,31-30-,34-33-,37-36-,40-39-. The van der Waals surface area contributed by atoms with Gasteiger partial charge in [0.1, 0.15) is 13.2 Å². The second kappa shape index (κ2) is 67.8. The summed E-state index contributed by atoms with van der Waals surface area (Å²) in [6.07, 6.45) is 91.5. The zero-order valence-electron chi connectivity index (χ0n) is 52.8. The Kier molecular flexibility index (Phi) is 64.7. The van der Waals surface area contributed by atoms with E-state index < -0.39 is 6.10 Å². The van der Waals surface area contributed by atoms with Crippen LogP contribution in [-0.4, -0.2) is 37.2 Å². The molecule has 1 unspecified atom stereocenters. The van der Waals surface area contributed by atoms with Gasteiger partial charge in [-0.3, -0.25) is 14.4 Å². The fourth-order valence-corrected chi connectivity index (χ4v) is 9.70. The highest BCUT2D eigenvalue weighted by Crippen LogP contribution is 2.17. The van der Waals surface area contributed by atoms with Gasteiger partial charge in [-0.1, -0.05) is 317 Å². The monoisotopic (exact) mass is 1110 g/mol. The number of esters is 3. The third-order valence-electron chi connectivity index (χ3n) is 14.8. The minimum Gasteiger partial charge on any atom is -0.462 e. The predicted molar refractivity (Wildman–Crippen MR) is 348 cm³/mol. The molecule has 1 atom stereocenters. The molecule has 0 aromatic rings. The number of hydrogen-bond donors (Lipinski definition) is 0. The number of ether oxygens (including phenoxy) is 3. The van der Waals surface area contributed by atoms with Crippen LogP contribution in [0.25, 0.3) is 0 Å². The number of carbonyl (C=O) groups is 3. The third kappa shape index (κ3) is 65.1. The van der Waals surface area contributed by atoms with Crippen molar-refractivity contribution in [1.82, 2.24) is 0 Å². The van der Waals surface area contributed by atoms with Gasteiger partial charge >= 0.3 is 17.9 Å². The molecule has 460 valence electrons. The molecule has 0 aromatic heterocycles. The highest BCUT2D eigenvalue weighted by molar-refractivity contribution is 5.71. The van der Waals surface area contributed by atoms with Crippen LogP contribution in [0.4, 0.5) is 0 Å². The van der Waals surface area contributed by atoms with Crippen LogP contribution < -0.4 is 0 Å². The topological polar surface area (TPSA) is 78.9 Å². The molecule has 6 nitrogen and oxygen atoms in total. The molecule has 0 aliphatic heterocycles. The highest BCUT2D eigenvalue weighted by Gasteiger charge is 2.19. The van der Waals surface area contributed by atoms with Gasteiger partial charge < -0.3 is 14.2 Å². The van der Waals surface area contributed by atoms with Gasteiger partial charge in [-0.15, -0.1) is 0 Å². The molecule has 0 bridgehead atoms. The highest BCUT2D eigenvalue weighted by atomic mass is 16.6. The fraction of sp³-hybridized carbons (Fsp3) is 0.743. The molecule has 0 spiro atoms. The van der Waals surface area contributed by atoms with Crippen molar-refractivity contribution in [3.8, 4) is 0 Å². The van der Waals surface area contributed by atoms with Gasteiger partial charge in [0.15, 0.2) is 6.10 Å². The molecule has 0 heterocycles. The second-order valence-electron chi connectivity index (χ2n) is 22.7. The van der Waals surface area contributed by atoms with Crippen molar-refractivity contribution in [3.05, 3.63) is 97.2 Å². The maximum Gasteiger partial charge on any atom is 0.306 e. The Morgan fingerprint density at radius 3 is 0.812 bits per heavy atom. The summed E-state index contributed by atoms with van der Waals surface area (Å²) in [6, 6.07) is 0. The van der Waals surface area contributed by atoms with Crippen molar-refractivity contribution in [2.75, 3.05) is 13.2 Å². The minimum atomic E-state index is -0.780. The minimum absolute atomic E-state index is 0.0777. The van der Waals surface area contributed by atoms with Gasteiger partial charge in [0.25, 0.3) is 0 Å². The van der Waals surface area contributed by atoms with E-state index in [1.165, 1.54) is 186 Å². The second-order valence-corrected chi connectivity index (χ2v) is 22.7. The summed E-state index contributed by atoms with van der Waals surface area (Å²) < 4.78 is 16.9. The summed E-state index contributed by atoms with van der Waals surface area (Å²) in [6.45, 7) is 6.52. The summed E-state index contributed by atoms with van der Waals surface area (Å²) >= 11 is 0. The lowest BCUT2D eigenvalue weighted by atomic mass is 10.0. The van der Waals surface area contributed by atoms with Crippen molar-refractivity contribution in [3.63, 3.8) is 0 Å². The number of allylic oxidation sites excluding steroid dienone is 16. The van der Waals surface area contributed by atoms with Crippen LogP contribution in [0.2, 0.25) is 0 Å². The molecular weight excluding hydrogens is 985 g/mol. The van der Waals surface area contributed by atoms with E-state index >= 15 is 0 Å². The zero-order valence-corrected chi connectivity index (χ0v) is 52.8. The first-order valence-corrected chi connectivity index (χ1v) is 34.2. The molecule has 0 aliphatic rings. The van der Waals surface area contributed by atoms with E-state index in [-0.39, 0.29) is 31.1 Å². The normalized spacial score (nSPS) is 12.7. The Morgan fingerprint density at radius 2 is 0.500 bits per heavy atom. The molecule has 0 saturated heterocycles. The third-order valence-corrected chi connectivity index (χ3v) is 14.8. The van der Waals surface area contributed by atoms with Gasteiger partial charge in [-0.05, 0) is 96.3 Å². The number of hydrogen-bond acceptors (Lipinski definition) is 6. The summed E-state index contributed by atoms with van der Waals surface area (Å²) in [5.74, 6) is -0.875. The number of unbranched alkanes of at least 4 members (excludes halogenated alkanes) is 35. The number of carbonyl (C=O) groups excluding carboxylic acids is 3. The fourth-order valence-electron chi connectivity index (χ4n) is 9.70. The SMILES string of the molecule is CC/C=C\C/C=C\C/C=C\C/C=C\C/C=C\C/C=C\C/C=C\CCCCCCCCCCCCCC(=O)OCC(COC(=O)CCCCCCC/C=C\CCCC)OC(=O)CCCCCCCCCCCCCCCCCCCC. The van der Waals surface area contributed by atoms with Gasteiger partial charge in [0.05, 0.1) is 0 Å². The molecule has 0 radical (unpaired) electrons. The average molecular weight is 1110 g/mol. The smallest absolute Gasteiger partial charge is 0.306 e. The lowest BCUT2D eigenvalue weighted by Crippen LogP contribution is -2.30. The molecule has 0 amide bonds. The van der Waals surface area contributed by atoms with E-state index in [1.54, 1.807) is 0 Å². The van der Waals surface area contributed by atoms with Gasteiger partial charge in [-0.25, -0.2) is 0 Å². The van der Waals surface area contributed by atoms with E-state index in [9.17, 15) is 14.4 Å². The summed E-state index contributed by atoms with van der Waals surface area (Å²) in [7, 11) is 0. The first-order chi connectivity index (χ1) is 39.5. The maximum absolute atomic E-state index is 12.9. The molecule has 80 heavy (non-hydrogen) atoms. The molecule has 0 saturated carbocycles. The van der Waals surface area contributed by atoms with Crippen LogP contribution in [0, 0.1) is 0 Å². The molecule has 6 heteroatoms. The molecular formula is C74H128O6. The Balaban J connectivity index is 4.19. The summed E-state index contributed by atoms with van der Waals surface area (Å²) in [5.41, 5.74) is 0. The van der Waals surface area contributed by atoms with Crippen LogP contribution in [0.15, 0.2) is 97.2 Å². The van der Waals surface area contributed by atoms with E-state index in [1.807, 2.05) is 0 Å². The zero-order chi connectivity index (χ0) is 57.8. The van der Waals surface area contributed by atoms with Crippen molar-refractivity contribution >= 4 is 17.9 Å². The van der Waals surface area contributed by atoms with Gasteiger partial charge in [0, 0.05) is 19.3 Å². The van der Waals surface area contributed by atoms with E-state index in [4.69, 9.17) is 14.2 Å². The lowest BCUT2D eigenvalue weighted by molar-refractivity contribution is -0.167. The van der Waals surface area contributed by atoms with Gasteiger partial charge in [-0.2, -0.15) is 0 Å². The van der Waals surface area contributed by atoms with Crippen molar-refractivity contribution in [2.24, 2.45) is 0 Å². The molecule has 0 aromatic carbocycles. The van der Waals surface area contributed by atoms with E-state index in [0.29, 0.717) is 19.3 Å². The first-order valence-electron chi connectivity index (χ1n) is 34.2. The van der Waals surface area contributed by atoms with Crippen LogP contribution in [-0.2, 0) is 28.6 Å². The molecule has 0 aliphatic carbocycles. The van der Waals surface area contributed by atoms with Crippen LogP contribution in [0.5, 0.6) is 0 Å². The lowest BCUT2D eigenvalue weighted by Gasteiger charge is -2.18. The van der Waals surface area contributed by atoms with Crippen LogP contribution in [0.1, 0.15) is 335 Å². The molecule has 0 fully saturated rings. The van der Waals surface area contributed by atoms with E-state index in [2.05, 4.69) is 118 Å². The number of rotatable bonds is 62. The Bertz CT molecular complexity index is 1560. The van der Waals surface area contributed by atoms with Crippen molar-refractivity contribution < 1.29 is 28.6 Å². The molecule has 0 rings (SSSR count). The Labute approximate surface area is 496 Å². The molecule has 0 N–H and O–H groups in total. The summed E-state index contributed by atoms with van der Waals surface area (Å²) in [4.78, 5) is 38.3. The largest absolute Gasteiger partial charge is 0.462 e. The van der Waals surface area contributed by atoms with Crippen molar-refractivity contribution in [2.45, 2.75) is 341 Å². The van der Waals surface area contributed by atoms with Crippen LogP contribution in [0.3, 0.4) is 0 Å². The van der Waals surface area contributed by atoms with Crippen LogP contribution >= 0.6 is 0 Å². The average Bonchev–Trinajstić information content (AvgIpc) is 3.46. The first kappa shape index (κ1) is 76.3. The predicted octanol–water partition coefficient (Wildman–Crippen LogP) is 23.6. The van der Waals surface area contributed by atoms with Gasteiger partial charge in [0.2, 0.25) is 0 Å². The van der Waals surface area contributed by atoms with Crippen molar-refractivity contribution in [1.29, 1.82) is 0 Å². The Morgan fingerprint density at radius 1 is 0.263 bits per heavy atom. The maximum atomic E-state index is 12.9.